The van der Waals surface area contributed by atoms with Gasteiger partial charge in [-0.25, -0.2) is 0 Å². The number of nitrogens with one attached hydrogen (secondary N) is 1. The third kappa shape index (κ3) is 4.95. The van der Waals surface area contributed by atoms with Crippen LogP contribution in [-0.2, 0) is 4.79 Å². The summed E-state index contributed by atoms with van der Waals surface area (Å²) in [5.74, 6) is -0.243. The Kier molecular flexibility index (Phi) is 5.90. The summed E-state index contributed by atoms with van der Waals surface area (Å²) in [5, 5.41) is 2.79. The molecule has 0 saturated carbocycles. The standard InChI is InChI=1S/C16H12Br2N2O/c17-14(11-19-12-7-3-1-4-8-12)15(18)16(21)20-13-9-5-2-6-10-13/h1-11H,(H,20,21). The minimum Gasteiger partial charge on any atom is -0.322 e. The number of amides is 1. The van der Waals surface area contributed by atoms with Crippen molar-refractivity contribution >= 4 is 55.4 Å². The maximum Gasteiger partial charge on any atom is 0.263 e. The van der Waals surface area contributed by atoms with E-state index in [0.29, 0.717) is 8.96 Å². The lowest BCUT2D eigenvalue weighted by Gasteiger charge is -2.04. The van der Waals surface area contributed by atoms with Crippen LogP contribution in [0.1, 0.15) is 0 Å². The Morgan fingerprint density at radius 2 is 1.52 bits per heavy atom. The molecule has 1 amide bonds. The maximum absolute atomic E-state index is 12.1. The molecule has 0 fully saturated rings. The number of anilines is 1. The zero-order valence-corrected chi connectivity index (χ0v) is 14.1. The third-order valence-corrected chi connectivity index (χ3v) is 4.44. The molecule has 5 heteroatoms. The van der Waals surface area contributed by atoms with Crippen molar-refractivity contribution in [3.05, 3.63) is 69.6 Å². The molecule has 1 N–H and O–H groups in total. The number of hydrogen-bond donors (Lipinski definition) is 1. The Morgan fingerprint density at radius 3 is 2.14 bits per heavy atom. The van der Waals surface area contributed by atoms with E-state index in [9.17, 15) is 4.79 Å². The van der Waals surface area contributed by atoms with Gasteiger partial charge in [0, 0.05) is 11.9 Å². The van der Waals surface area contributed by atoms with Gasteiger partial charge in [-0.05, 0) is 56.1 Å². The molecule has 0 aliphatic rings. The molecule has 0 aromatic heterocycles. The number of aliphatic imine (C=N–C) groups is 1. The topological polar surface area (TPSA) is 41.5 Å². The van der Waals surface area contributed by atoms with Crippen LogP contribution >= 0.6 is 31.9 Å². The van der Waals surface area contributed by atoms with Crippen molar-refractivity contribution in [1.29, 1.82) is 0 Å². The van der Waals surface area contributed by atoms with Crippen molar-refractivity contribution in [2.75, 3.05) is 5.32 Å². The molecule has 0 spiro atoms. The number of carbonyl (C=O) groups is 1. The molecule has 0 aliphatic heterocycles. The zero-order valence-electron chi connectivity index (χ0n) is 11.0. The molecule has 3 nitrogen and oxygen atoms in total. The largest absolute Gasteiger partial charge is 0.322 e. The van der Waals surface area contributed by atoms with Gasteiger partial charge in [0.1, 0.15) is 0 Å². The minimum atomic E-state index is -0.243. The molecular formula is C16H12Br2N2O. The second-order valence-corrected chi connectivity index (χ2v) is 5.72. The summed E-state index contributed by atoms with van der Waals surface area (Å²) in [4.78, 5) is 16.3. The number of para-hydroxylation sites is 2. The van der Waals surface area contributed by atoms with Gasteiger partial charge in [0.2, 0.25) is 0 Å². The quantitative estimate of drug-likeness (QED) is 0.560. The van der Waals surface area contributed by atoms with Crippen LogP contribution in [0.4, 0.5) is 11.4 Å². The molecule has 0 atom stereocenters. The first-order valence-electron chi connectivity index (χ1n) is 6.17. The lowest BCUT2D eigenvalue weighted by molar-refractivity contribution is -0.112. The Labute approximate surface area is 140 Å². The Morgan fingerprint density at radius 1 is 0.952 bits per heavy atom. The number of nitrogens with zero attached hydrogens (tertiary/aromatic N) is 1. The van der Waals surface area contributed by atoms with Crippen molar-refractivity contribution in [2.24, 2.45) is 4.99 Å². The van der Waals surface area contributed by atoms with Gasteiger partial charge in [-0.3, -0.25) is 9.79 Å². The van der Waals surface area contributed by atoms with Crippen LogP contribution in [0.15, 0.2) is 74.6 Å². The van der Waals surface area contributed by atoms with Crippen LogP contribution in [0.5, 0.6) is 0 Å². The summed E-state index contributed by atoms with van der Waals surface area (Å²) < 4.78 is 0.950. The van der Waals surface area contributed by atoms with Crippen molar-refractivity contribution in [2.45, 2.75) is 0 Å². The van der Waals surface area contributed by atoms with Crippen LogP contribution in [0.25, 0.3) is 0 Å². The smallest absolute Gasteiger partial charge is 0.263 e. The summed E-state index contributed by atoms with van der Waals surface area (Å²) >= 11 is 6.61. The van der Waals surface area contributed by atoms with Crippen molar-refractivity contribution in [3.63, 3.8) is 0 Å². The second-order valence-electron chi connectivity index (χ2n) is 4.08. The lowest BCUT2D eigenvalue weighted by atomic mass is 10.3. The SMILES string of the molecule is O=C(Nc1ccccc1)C(Br)=C(Br)C=Nc1ccccc1. The highest BCUT2D eigenvalue weighted by molar-refractivity contribution is 9.14. The van der Waals surface area contributed by atoms with E-state index in [-0.39, 0.29) is 5.91 Å². The average molecular weight is 408 g/mol. The number of halogens is 2. The monoisotopic (exact) mass is 406 g/mol. The van der Waals surface area contributed by atoms with Gasteiger partial charge >= 0.3 is 0 Å². The highest BCUT2D eigenvalue weighted by Gasteiger charge is 2.10. The van der Waals surface area contributed by atoms with E-state index in [2.05, 4.69) is 42.2 Å². The number of carbonyl (C=O) groups excluding carboxylic acids is 1. The first-order valence-corrected chi connectivity index (χ1v) is 7.76. The number of hydrogen-bond acceptors (Lipinski definition) is 2. The van der Waals surface area contributed by atoms with Crippen LogP contribution < -0.4 is 5.32 Å². The summed E-state index contributed by atoms with van der Waals surface area (Å²) in [6.45, 7) is 0. The van der Waals surface area contributed by atoms with Gasteiger partial charge in [-0.1, -0.05) is 36.4 Å². The summed E-state index contributed by atoms with van der Waals surface area (Å²) in [6, 6.07) is 18.8. The molecule has 2 rings (SSSR count). The zero-order chi connectivity index (χ0) is 15.1. The predicted molar refractivity (Wildman–Crippen MR) is 94.5 cm³/mol. The van der Waals surface area contributed by atoms with E-state index in [1.807, 2.05) is 60.7 Å². The summed E-state index contributed by atoms with van der Waals surface area (Å²) in [5.41, 5.74) is 1.55. The van der Waals surface area contributed by atoms with Crippen molar-refractivity contribution < 1.29 is 4.79 Å². The van der Waals surface area contributed by atoms with E-state index in [1.165, 1.54) is 0 Å². The van der Waals surface area contributed by atoms with Gasteiger partial charge in [0.15, 0.2) is 0 Å². The third-order valence-electron chi connectivity index (χ3n) is 2.52. The molecule has 2 aromatic carbocycles. The van der Waals surface area contributed by atoms with Crippen LogP contribution in [-0.4, -0.2) is 12.1 Å². The number of rotatable bonds is 4. The molecule has 0 saturated heterocycles. The molecule has 0 unspecified atom stereocenters. The molecule has 0 bridgehead atoms. The first kappa shape index (κ1) is 15.7. The molecule has 0 aliphatic carbocycles. The highest BCUT2D eigenvalue weighted by atomic mass is 79.9. The second kappa shape index (κ2) is 7.90. The molecule has 2 aromatic rings. The molecule has 0 heterocycles. The van der Waals surface area contributed by atoms with Crippen molar-refractivity contribution in [1.82, 2.24) is 0 Å². The summed E-state index contributed by atoms with van der Waals surface area (Å²) in [7, 11) is 0. The molecule has 106 valence electrons. The van der Waals surface area contributed by atoms with Crippen LogP contribution in [0.3, 0.4) is 0 Å². The molecular weight excluding hydrogens is 396 g/mol. The van der Waals surface area contributed by atoms with E-state index < -0.39 is 0 Å². The van der Waals surface area contributed by atoms with Crippen molar-refractivity contribution in [3.8, 4) is 0 Å². The van der Waals surface area contributed by atoms with Gasteiger partial charge in [-0.2, -0.15) is 0 Å². The Bertz CT molecular complexity index is 667. The first-order chi connectivity index (χ1) is 10.2. The molecule has 21 heavy (non-hydrogen) atoms. The van der Waals surface area contributed by atoms with Gasteiger partial charge in [0.05, 0.1) is 14.7 Å². The Balaban J connectivity index is 2.07. The van der Waals surface area contributed by atoms with E-state index in [1.54, 1.807) is 6.21 Å². The van der Waals surface area contributed by atoms with Crippen LogP contribution in [0, 0.1) is 0 Å². The van der Waals surface area contributed by atoms with Gasteiger partial charge in [-0.15, -0.1) is 0 Å². The van der Waals surface area contributed by atoms with E-state index in [0.717, 1.165) is 11.4 Å². The summed E-state index contributed by atoms with van der Waals surface area (Å²) in [6.07, 6.45) is 1.59. The Hall–Kier alpha value is -1.72. The minimum absolute atomic E-state index is 0.243. The normalized spacial score (nSPS) is 12.1. The highest BCUT2D eigenvalue weighted by Crippen LogP contribution is 2.20. The number of benzene rings is 2. The predicted octanol–water partition coefficient (Wildman–Crippen LogP) is 5.03. The number of allylic oxidation sites excluding steroid dienone is 1. The average Bonchev–Trinajstić information content (AvgIpc) is 2.53. The fourth-order valence-electron chi connectivity index (χ4n) is 1.52. The fourth-order valence-corrected chi connectivity index (χ4v) is 2.00. The lowest BCUT2D eigenvalue weighted by Crippen LogP contribution is -2.12. The van der Waals surface area contributed by atoms with Crippen LogP contribution in [0.2, 0.25) is 0 Å². The van der Waals surface area contributed by atoms with Gasteiger partial charge < -0.3 is 5.32 Å². The van der Waals surface area contributed by atoms with E-state index in [4.69, 9.17) is 0 Å². The fraction of sp³-hybridized carbons (Fsp3) is 0. The maximum atomic E-state index is 12.1. The van der Waals surface area contributed by atoms with E-state index >= 15 is 0 Å². The molecule has 0 radical (unpaired) electrons. The van der Waals surface area contributed by atoms with Gasteiger partial charge in [0.25, 0.3) is 5.91 Å².